The summed E-state index contributed by atoms with van der Waals surface area (Å²) in [6.45, 7) is 0.988. The third-order valence-electron chi connectivity index (χ3n) is 5.30. The topological polar surface area (TPSA) is 110 Å². The molecule has 1 aliphatic heterocycles. The van der Waals surface area contributed by atoms with E-state index in [0.29, 0.717) is 0 Å². The molecule has 0 fully saturated rings. The summed E-state index contributed by atoms with van der Waals surface area (Å²) in [5.41, 5.74) is 4.07. The summed E-state index contributed by atoms with van der Waals surface area (Å²) in [6, 6.07) is 4.55. The molecular formula is C22H25N5O3S. The van der Waals surface area contributed by atoms with Crippen LogP contribution in [0.4, 0.5) is 5.82 Å². The number of carboxylic acid groups (broad SMARTS) is 1. The van der Waals surface area contributed by atoms with Crippen LogP contribution in [0, 0.1) is 0 Å². The summed E-state index contributed by atoms with van der Waals surface area (Å²) in [5, 5.41) is 15.5. The minimum absolute atomic E-state index is 0.0608. The molecule has 0 radical (unpaired) electrons. The van der Waals surface area contributed by atoms with Crippen LogP contribution < -0.4 is 10.1 Å². The second-order valence-corrected chi connectivity index (χ2v) is 8.41. The van der Waals surface area contributed by atoms with Gasteiger partial charge in [0.15, 0.2) is 0 Å². The van der Waals surface area contributed by atoms with Crippen LogP contribution >= 0.6 is 11.3 Å². The van der Waals surface area contributed by atoms with Crippen molar-refractivity contribution in [2.45, 2.75) is 44.4 Å². The van der Waals surface area contributed by atoms with Crippen LogP contribution in [0.25, 0.3) is 0 Å². The van der Waals surface area contributed by atoms with Crippen LogP contribution in [-0.2, 0) is 24.1 Å². The van der Waals surface area contributed by atoms with Crippen LogP contribution in [-0.4, -0.2) is 44.7 Å². The zero-order valence-electron chi connectivity index (χ0n) is 17.4. The number of carbonyl (C=O) groups is 1. The number of anilines is 1. The smallest absolute Gasteiger partial charge is 0.316 e. The Hall–Kier alpha value is -3.07. The molecule has 0 spiro atoms. The van der Waals surface area contributed by atoms with Gasteiger partial charge in [0.2, 0.25) is 0 Å². The lowest BCUT2D eigenvalue weighted by atomic mass is 9.99. The number of thiazole rings is 1. The molecule has 1 atom stereocenters. The number of aryl methyl sites for hydroxylation is 3. The van der Waals surface area contributed by atoms with Gasteiger partial charge in [0.05, 0.1) is 19.2 Å². The number of nitrogens with one attached hydrogen (secondary N) is 1. The van der Waals surface area contributed by atoms with Crippen LogP contribution in [0.3, 0.4) is 0 Å². The van der Waals surface area contributed by atoms with E-state index in [4.69, 9.17) is 14.7 Å². The molecule has 0 amide bonds. The van der Waals surface area contributed by atoms with Crippen LogP contribution in [0.5, 0.6) is 6.01 Å². The first-order valence-corrected chi connectivity index (χ1v) is 11.2. The molecule has 9 heteroatoms. The van der Waals surface area contributed by atoms with E-state index in [2.05, 4.69) is 27.4 Å². The molecular weight excluding hydrogens is 414 g/mol. The molecule has 3 aromatic rings. The lowest BCUT2D eigenvalue weighted by Gasteiger charge is -2.17. The number of ether oxygens (including phenoxy) is 1. The van der Waals surface area contributed by atoms with Gasteiger partial charge in [-0.15, -0.1) is 11.3 Å². The Kier molecular flexibility index (Phi) is 6.71. The highest BCUT2D eigenvalue weighted by Gasteiger charge is 2.22. The highest BCUT2D eigenvalue weighted by atomic mass is 32.1. The first-order chi connectivity index (χ1) is 15.1. The van der Waals surface area contributed by atoms with Gasteiger partial charge >= 0.3 is 12.0 Å². The van der Waals surface area contributed by atoms with E-state index in [9.17, 15) is 9.90 Å². The van der Waals surface area contributed by atoms with E-state index in [0.717, 1.165) is 66.4 Å². The fourth-order valence-corrected chi connectivity index (χ4v) is 4.67. The van der Waals surface area contributed by atoms with Gasteiger partial charge in [0, 0.05) is 35.9 Å². The van der Waals surface area contributed by atoms with Crippen molar-refractivity contribution in [1.29, 1.82) is 0 Å². The molecule has 2 N–H and O–H groups in total. The third-order valence-corrected chi connectivity index (χ3v) is 6.30. The van der Waals surface area contributed by atoms with Crippen molar-refractivity contribution in [3.63, 3.8) is 0 Å². The quantitative estimate of drug-likeness (QED) is 0.521. The van der Waals surface area contributed by atoms with Crippen LogP contribution in [0.15, 0.2) is 29.9 Å². The molecule has 31 heavy (non-hydrogen) atoms. The Morgan fingerprint density at radius 2 is 2.03 bits per heavy atom. The summed E-state index contributed by atoms with van der Waals surface area (Å²) in [7, 11) is 1.49. The Morgan fingerprint density at radius 1 is 1.23 bits per heavy atom. The van der Waals surface area contributed by atoms with Crippen molar-refractivity contribution in [3.05, 3.63) is 57.4 Å². The molecule has 4 rings (SSSR count). The highest BCUT2D eigenvalue weighted by Crippen LogP contribution is 2.30. The average molecular weight is 440 g/mol. The van der Waals surface area contributed by atoms with E-state index in [1.54, 1.807) is 12.4 Å². The maximum atomic E-state index is 11.4. The Bertz CT molecular complexity index is 1040. The largest absolute Gasteiger partial charge is 0.481 e. The molecule has 4 heterocycles. The summed E-state index contributed by atoms with van der Waals surface area (Å²) in [4.78, 5) is 29.1. The van der Waals surface area contributed by atoms with Gasteiger partial charge in [-0.1, -0.05) is 6.07 Å². The molecule has 162 valence electrons. The van der Waals surface area contributed by atoms with Crippen LogP contribution in [0.2, 0.25) is 0 Å². The molecule has 1 unspecified atom stereocenters. The van der Waals surface area contributed by atoms with Crippen molar-refractivity contribution >= 4 is 23.1 Å². The van der Waals surface area contributed by atoms with Crippen molar-refractivity contribution in [2.75, 3.05) is 19.0 Å². The predicted octanol–water partition coefficient (Wildman–Crippen LogP) is 3.48. The Morgan fingerprint density at radius 3 is 2.81 bits per heavy atom. The number of carboxylic acids is 1. The minimum atomic E-state index is -0.885. The number of hydrogen-bond donors (Lipinski definition) is 2. The zero-order chi connectivity index (χ0) is 21.6. The highest BCUT2D eigenvalue weighted by molar-refractivity contribution is 7.09. The average Bonchev–Trinajstić information content (AvgIpc) is 3.26. The second kappa shape index (κ2) is 9.82. The van der Waals surface area contributed by atoms with Gasteiger partial charge in [-0.05, 0) is 49.3 Å². The maximum Gasteiger partial charge on any atom is 0.316 e. The van der Waals surface area contributed by atoms with E-state index >= 15 is 0 Å². The molecule has 0 bridgehead atoms. The van der Waals surface area contributed by atoms with Crippen molar-refractivity contribution in [2.24, 2.45) is 0 Å². The number of rotatable bonds is 9. The monoisotopic (exact) mass is 439 g/mol. The van der Waals surface area contributed by atoms with Gasteiger partial charge in [-0.2, -0.15) is 0 Å². The van der Waals surface area contributed by atoms with Crippen LogP contribution in [0.1, 0.15) is 52.7 Å². The van der Waals surface area contributed by atoms with Gasteiger partial charge in [-0.3, -0.25) is 4.79 Å². The summed E-state index contributed by atoms with van der Waals surface area (Å²) < 4.78 is 4.99. The number of aromatic nitrogens is 4. The number of methoxy groups -OCH3 is 1. The van der Waals surface area contributed by atoms with Crippen molar-refractivity contribution in [3.8, 4) is 6.01 Å². The lowest BCUT2D eigenvalue weighted by molar-refractivity contribution is -0.137. The summed E-state index contributed by atoms with van der Waals surface area (Å²) >= 11 is 1.48. The molecule has 3 aromatic heterocycles. The molecule has 8 nitrogen and oxygen atoms in total. The summed E-state index contributed by atoms with van der Waals surface area (Å²) in [5.74, 6) is -0.238. The molecule has 0 aromatic carbocycles. The first kappa shape index (κ1) is 21.2. The molecule has 0 saturated heterocycles. The van der Waals surface area contributed by atoms with Gasteiger partial charge < -0.3 is 15.2 Å². The zero-order valence-corrected chi connectivity index (χ0v) is 18.2. The fourth-order valence-electron chi connectivity index (χ4n) is 3.69. The van der Waals surface area contributed by atoms with E-state index in [1.807, 2.05) is 5.38 Å². The second-order valence-electron chi connectivity index (χ2n) is 7.52. The maximum absolute atomic E-state index is 11.4. The number of aliphatic carboxylic acids is 1. The SMILES string of the molecule is COc1ncc(C(CC(=O)O)c2nc(CCCc3ccc4c(n3)NCCC4)cs2)cn1. The van der Waals surface area contributed by atoms with E-state index < -0.39 is 5.97 Å². The third kappa shape index (κ3) is 5.35. The fraction of sp³-hybridized carbons (Fsp3) is 0.409. The normalized spacial score (nSPS) is 13.8. The van der Waals surface area contributed by atoms with Gasteiger partial charge in [0.1, 0.15) is 10.8 Å². The molecule has 0 saturated carbocycles. The van der Waals surface area contributed by atoms with Gasteiger partial charge in [0.25, 0.3) is 0 Å². The number of fused-ring (bicyclic) bond motifs is 1. The lowest BCUT2D eigenvalue weighted by Crippen LogP contribution is -2.14. The number of pyridine rings is 1. The summed E-state index contributed by atoms with van der Waals surface area (Å²) in [6.07, 6.45) is 8.04. The predicted molar refractivity (Wildman–Crippen MR) is 118 cm³/mol. The molecule has 1 aliphatic rings. The van der Waals surface area contributed by atoms with E-state index in [1.165, 1.54) is 24.0 Å². The first-order valence-electron chi connectivity index (χ1n) is 10.4. The minimum Gasteiger partial charge on any atom is -0.481 e. The van der Waals surface area contributed by atoms with Crippen molar-refractivity contribution < 1.29 is 14.6 Å². The number of nitrogens with zero attached hydrogens (tertiary/aromatic N) is 4. The van der Waals surface area contributed by atoms with E-state index in [-0.39, 0.29) is 18.3 Å². The van der Waals surface area contributed by atoms with Crippen molar-refractivity contribution in [1.82, 2.24) is 19.9 Å². The Labute approximate surface area is 184 Å². The standard InChI is InChI=1S/C22H25N5O3S/c1-30-22-24-11-15(12-25-22)18(10-19(28)29)21-27-17(13-31-21)6-2-5-16-8-7-14-4-3-9-23-20(14)26-16/h7-8,11-13,18H,2-6,9-10H2,1H3,(H,23,26)(H,28,29). The number of hydrogen-bond acceptors (Lipinski definition) is 8. The molecule has 0 aliphatic carbocycles. The van der Waals surface area contributed by atoms with Gasteiger partial charge in [-0.25, -0.2) is 19.9 Å². The Balaban J connectivity index is 1.40.